The van der Waals surface area contributed by atoms with Crippen molar-refractivity contribution in [2.24, 2.45) is 0 Å². The van der Waals surface area contributed by atoms with E-state index in [0.29, 0.717) is 16.4 Å². The number of rotatable bonds is 5. The van der Waals surface area contributed by atoms with E-state index in [2.05, 4.69) is 15.3 Å². The lowest BCUT2D eigenvalue weighted by Gasteiger charge is -2.11. The second-order valence-electron chi connectivity index (χ2n) is 4.41. The van der Waals surface area contributed by atoms with Gasteiger partial charge in [0.25, 0.3) is 0 Å². The first-order chi connectivity index (χ1) is 10.1. The molecule has 1 aromatic heterocycles. The number of aromatic nitrogens is 2. The van der Waals surface area contributed by atoms with Crippen molar-refractivity contribution in [2.75, 3.05) is 5.32 Å². The molecule has 1 aromatic carbocycles. The van der Waals surface area contributed by atoms with Crippen molar-refractivity contribution in [3.8, 4) is 0 Å². The van der Waals surface area contributed by atoms with Crippen LogP contribution >= 0.6 is 11.8 Å². The minimum Gasteiger partial charge on any atom is -0.325 e. The van der Waals surface area contributed by atoms with Crippen molar-refractivity contribution in [3.05, 3.63) is 48.3 Å². The lowest BCUT2D eigenvalue weighted by atomic mass is 10.1. The van der Waals surface area contributed by atoms with Crippen LogP contribution in [0.25, 0.3) is 0 Å². The first-order valence-corrected chi connectivity index (χ1v) is 7.30. The van der Waals surface area contributed by atoms with E-state index in [1.165, 1.54) is 18.7 Å². The minimum absolute atomic E-state index is 0.00183. The Kier molecular flexibility index (Phi) is 5.05. The maximum Gasteiger partial charge on any atom is 0.237 e. The average molecular weight is 301 g/mol. The number of nitrogens with zero attached hydrogens (tertiary/aromatic N) is 2. The molecule has 21 heavy (non-hydrogen) atoms. The molecular weight excluding hydrogens is 286 g/mol. The van der Waals surface area contributed by atoms with Crippen LogP contribution in [0.15, 0.2) is 47.9 Å². The molecule has 0 saturated carbocycles. The predicted octanol–water partition coefficient (Wildman–Crippen LogP) is 2.80. The fraction of sp³-hybridized carbons (Fsp3) is 0.200. The third kappa shape index (κ3) is 4.39. The van der Waals surface area contributed by atoms with Crippen LogP contribution in [0.2, 0.25) is 0 Å². The van der Waals surface area contributed by atoms with Crippen molar-refractivity contribution < 1.29 is 9.59 Å². The van der Waals surface area contributed by atoms with E-state index in [4.69, 9.17) is 0 Å². The van der Waals surface area contributed by atoms with Gasteiger partial charge in [0, 0.05) is 23.6 Å². The van der Waals surface area contributed by atoms with Crippen molar-refractivity contribution in [1.29, 1.82) is 0 Å². The number of Topliss-reactive ketones (excluding diaryl/α,β-unsaturated/α-hetero) is 1. The molecule has 1 amide bonds. The molecule has 0 aliphatic carbocycles. The molecular formula is C15H15N3O2S. The summed E-state index contributed by atoms with van der Waals surface area (Å²) in [6.07, 6.45) is 3.28. The van der Waals surface area contributed by atoms with E-state index < -0.39 is 0 Å². The number of nitrogens with one attached hydrogen (secondary N) is 1. The molecule has 0 saturated heterocycles. The highest BCUT2D eigenvalue weighted by Crippen LogP contribution is 2.20. The lowest BCUT2D eigenvalue weighted by molar-refractivity contribution is -0.115. The Morgan fingerprint density at radius 2 is 1.76 bits per heavy atom. The molecule has 1 N–H and O–H groups in total. The number of anilines is 1. The molecule has 6 heteroatoms. The molecule has 0 unspecified atom stereocenters. The molecule has 1 heterocycles. The van der Waals surface area contributed by atoms with Gasteiger partial charge in [-0.15, -0.1) is 0 Å². The molecule has 5 nitrogen and oxygen atoms in total. The van der Waals surface area contributed by atoms with Gasteiger partial charge in [-0.25, -0.2) is 9.97 Å². The summed E-state index contributed by atoms with van der Waals surface area (Å²) in [5, 5.41) is 3.04. The highest BCUT2D eigenvalue weighted by Gasteiger charge is 2.15. The number of amides is 1. The van der Waals surface area contributed by atoms with Crippen LogP contribution in [0.1, 0.15) is 24.2 Å². The van der Waals surface area contributed by atoms with Crippen molar-refractivity contribution >= 4 is 29.1 Å². The molecule has 2 aromatic rings. The van der Waals surface area contributed by atoms with E-state index in [9.17, 15) is 9.59 Å². The zero-order valence-electron chi connectivity index (χ0n) is 11.7. The van der Waals surface area contributed by atoms with Gasteiger partial charge in [0.05, 0.1) is 5.25 Å². The molecule has 0 aliphatic heterocycles. The zero-order valence-corrected chi connectivity index (χ0v) is 12.6. The van der Waals surface area contributed by atoms with Crippen molar-refractivity contribution in [3.63, 3.8) is 0 Å². The summed E-state index contributed by atoms with van der Waals surface area (Å²) >= 11 is 1.29. The number of benzene rings is 1. The third-order valence-electron chi connectivity index (χ3n) is 2.75. The fourth-order valence-corrected chi connectivity index (χ4v) is 2.32. The van der Waals surface area contributed by atoms with Gasteiger partial charge in [0.1, 0.15) is 0 Å². The summed E-state index contributed by atoms with van der Waals surface area (Å²) in [6.45, 7) is 3.30. The Bertz CT molecular complexity index is 629. The molecule has 0 bridgehead atoms. The summed E-state index contributed by atoms with van der Waals surface area (Å²) in [5.41, 5.74) is 1.28. The van der Waals surface area contributed by atoms with Gasteiger partial charge in [0.15, 0.2) is 10.9 Å². The summed E-state index contributed by atoms with van der Waals surface area (Å²) in [5.74, 6) is -0.138. The van der Waals surface area contributed by atoms with E-state index in [1.807, 2.05) is 0 Å². The lowest BCUT2D eigenvalue weighted by Crippen LogP contribution is -2.22. The van der Waals surface area contributed by atoms with Gasteiger partial charge < -0.3 is 5.32 Å². The maximum atomic E-state index is 12.1. The summed E-state index contributed by atoms with van der Waals surface area (Å²) < 4.78 is 0. The molecule has 0 fully saturated rings. The van der Waals surface area contributed by atoms with Crippen LogP contribution in [0, 0.1) is 0 Å². The number of hydrogen-bond acceptors (Lipinski definition) is 5. The summed E-state index contributed by atoms with van der Waals surface area (Å²) in [7, 11) is 0. The second kappa shape index (κ2) is 6.99. The number of ketones is 1. The topological polar surface area (TPSA) is 72.0 Å². The zero-order chi connectivity index (χ0) is 15.2. The predicted molar refractivity (Wildman–Crippen MR) is 82.4 cm³/mol. The van der Waals surface area contributed by atoms with Crippen LogP contribution in [0.5, 0.6) is 0 Å². The van der Waals surface area contributed by atoms with Crippen LogP contribution < -0.4 is 5.32 Å². The Hall–Kier alpha value is -2.21. The van der Waals surface area contributed by atoms with E-state index >= 15 is 0 Å². The normalized spacial score (nSPS) is 11.7. The first-order valence-electron chi connectivity index (χ1n) is 6.42. The largest absolute Gasteiger partial charge is 0.325 e. The number of thioether (sulfide) groups is 1. The summed E-state index contributed by atoms with van der Waals surface area (Å²) in [4.78, 5) is 31.4. The van der Waals surface area contributed by atoms with Crippen LogP contribution in [-0.2, 0) is 4.79 Å². The van der Waals surface area contributed by atoms with Gasteiger partial charge in [-0.2, -0.15) is 0 Å². The Labute approximate surface area is 127 Å². The molecule has 0 spiro atoms. The van der Waals surface area contributed by atoms with Crippen LogP contribution in [0.4, 0.5) is 5.69 Å². The van der Waals surface area contributed by atoms with Gasteiger partial charge in [0.2, 0.25) is 5.91 Å². The highest BCUT2D eigenvalue weighted by molar-refractivity contribution is 8.00. The van der Waals surface area contributed by atoms with Crippen molar-refractivity contribution in [1.82, 2.24) is 9.97 Å². The van der Waals surface area contributed by atoms with Gasteiger partial charge in [-0.3, -0.25) is 9.59 Å². The van der Waals surface area contributed by atoms with Crippen LogP contribution in [-0.4, -0.2) is 26.9 Å². The van der Waals surface area contributed by atoms with Gasteiger partial charge in [-0.1, -0.05) is 11.8 Å². The fourth-order valence-electron chi connectivity index (χ4n) is 1.59. The Morgan fingerprint density at radius 3 is 2.33 bits per heavy atom. The summed E-state index contributed by atoms with van der Waals surface area (Å²) in [6, 6.07) is 8.54. The molecule has 0 aliphatic rings. The van der Waals surface area contributed by atoms with Gasteiger partial charge >= 0.3 is 0 Å². The number of carbonyl (C=O) groups excluding carboxylic acids is 2. The average Bonchev–Trinajstić information content (AvgIpc) is 2.48. The second-order valence-corrected chi connectivity index (χ2v) is 5.72. The van der Waals surface area contributed by atoms with Gasteiger partial charge in [-0.05, 0) is 44.2 Å². The monoisotopic (exact) mass is 301 g/mol. The molecule has 1 atom stereocenters. The van der Waals surface area contributed by atoms with Crippen LogP contribution in [0.3, 0.4) is 0 Å². The number of hydrogen-bond donors (Lipinski definition) is 1. The minimum atomic E-state index is -0.320. The Morgan fingerprint density at radius 1 is 1.14 bits per heavy atom. The van der Waals surface area contributed by atoms with Crippen molar-refractivity contribution in [2.45, 2.75) is 24.3 Å². The van der Waals surface area contributed by atoms with E-state index in [-0.39, 0.29) is 16.9 Å². The number of carbonyl (C=O) groups is 2. The maximum absolute atomic E-state index is 12.1. The smallest absolute Gasteiger partial charge is 0.237 e. The molecule has 108 valence electrons. The molecule has 0 radical (unpaired) electrons. The Balaban J connectivity index is 1.95. The third-order valence-corrected chi connectivity index (χ3v) is 3.74. The standard InChI is InChI=1S/C15H15N3O2S/c1-10(19)12-4-6-13(7-5-12)18-14(20)11(2)21-15-16-8-3-9-17-15/h3-9,11H,1-2H3,(H,18,20)/t11-/m1/s1. The quantitative estimate of drug-likeness (QED) is 0.522. The first kappa shape index (κ1) is 15.2. The highest BCUT2D eigenvalue weighted by atomic mass is 32.2. The van der Waals surface area contributed by atoms with E-state index in [0.717, 1.165) is 0 Å². The molecule has 2 rings (SSSR count). The van der Waals surface area contributed by atoms with E-state index in [1.54, 1.807) is 49.6 Å². The SMILES string of the molecule is CC(=O)c1ccc(NC(=O)[C@@H](C)Sc2ncccn2)cc1.